The van der Waals surface area contributed by atoms with Crippen molar-refractivity contribution in [3.8, 4) is 22.6 Å². The number of aliphatic hydroxyl groups is 1. The van der Waals surface area contributed by atoms with Crippen LogP contribution in [-0.2, 0) is 13.2 Å². The normalized spacial score (nSPS) is 11.6. The topological polar surface area (TPSA) is 105 Å². The van der Waals surface area contributed by atoms with Gasteiger partial charge in [0, 0.05) is 6.54 Å². The van der Waals surface area contributed by atoms with E-state index in [4.69, 9.17) is 14.0 Å². The fourth-order valence-corrected chi connectivity index (χ4v) is 3.91. The van der Waals surface area contributed by atoms with E-state index in [1.54, 1.807) is 31.2 Å². The van der Waals surface area contributed by atoms with E-state index in [0.29, 0.717) is 12.4 Å². The molecule has 0 aliphatic carbocycles. The Morgan fingerprint density at radius 1 is 0.944 bits per heavy atom. The Hall–Kier alpha value is -2.40. The van der Waals surface area contributed by atoms with Crippen LogP contribution in [0.2, 0.25) is 0 Å². The molecule has 0 aliphatic rings. The summed E-state index contributed by atoms with van der Waals surface area (Å²) in [7, 11) is 0. The molecule has 1 aromatic heterocycles. The Morgan fingerprint density at radius 3 is 2.25 bits per heavy atom. The van der Waals surface area contributed by atoms with E-state index >= 15 is 0 Å². The molecule has 0 fully saturated rings. The van der Waals surface area contributed by atoms with Crippen molar-refractivity contribution in [2.24, 2.45) is 0 Å². The Labute approximate surface area is 251 Å². The Morgan fingerprint density at radius 2 is 1.64 bits per heavy atom. The van der Waals surface area contributed by atoms with Crippen LogP contribution in [0.3, 0.4) is 0 Å². The van der Waals surface area contributed by atoms with E-state index in [-0.39, 0.29) is 64.5 Å². The summed E-state index contributed by atoms with van der Waals surface area (Å²) < 4.78 is 17.3. The minimum absolute atomic E-state index is 0. The van der Waals surface area contributed by atoms with Gasteiger partial charge in [-0.2, -0.15) is 0 Å². The molecule has 4 aromatic rings. The van der Waals surface area contributed by atoms with E-state index in [1.165, 1.54) is 0 Å². The van der Waals surface area contributed by atoms with Crippen LogP contribution in [0.5, 0.6) is 11.5 Å². The van der Waals surface area contributed by atoms with Crippen molar-refractivity contribution in [1.29, 1.82) is 0 Å². The van der Waals surface area contributed by atoms with Gasteiger partial charge in [0.05, 0.1) is 6.10 Å². The summed E-state index contributed by atoms with van der Waals surface area (Å²) in [5.74, 6) is 0.526. The van der Waals surface area contributed by atoms with Crippen molar-refractivity contribution in [3.63, 3.8) is 0 Å². The number of hydrogen-bond donors (Lipinski definition) is 1. The monoisotopic (exact) mass is 514 g/mol. The third kappa shape index (κ3) is 7.31. The quantitative estimate of drug-likeness (QED) is 0.323. The second kappa shape index (κ2) is 12.7. The third-order valence-corrected chi connectivity index (χ3v) is 5.46. The molecule has 0 saturated carbocycles. The first kappa shape index (κ1) is 28.2. The van der Waals surface area contributed by atoms with Crippen molar-refractivity contribution in [2.75, 3.05) is 6.61 Å². The van der Waals surface area contributed by atoms with Gasteiger partial charge in [-0.15, -0.1) is 0 Å². The maximum Gasteiger partial charge on any atom is 1.00 e. The first-order valence-electron chi connectivity index (χ1n) is 11.3. The smallest absolute Gasteiger partial charge is 0.491 e. The van der Waals surface area contributed by atoms with E-state index in [1.807, 2.05) is 38.1 Å². The fourth-order valence-electron chi connectivity index (χ4n) is 3.91. The van der Waals surface area contributed by atoms with E-state index < -0.39 is 17.5 Å². The number of hydrogen-bond acceptors (Lipinski definition) is 6. The molecule has 182 valence electrons. The molecule has 3 aromatic carbocycles. The van der Waals surface area contributed by atoms with Crippen LogP contribution >= 0.6 is 0 Å². The van der Waals surface area contributed by atoms with Crippen LogP contribution in [0.4, 0.5) is 0 Å². The molecule has 0 spiro atoms. The molecule has 1 atom stereocenters. The van der Waals surface area contributed by atoms with Gasteiger partial charge in [-0.1, -0.05) is 30.3 Å². The van der Waals surface area contributed by atoms with Crippen molar-refractivity contribution in [3.05, 3.63) is 104 Å². The summed E-state index contributed by atoms with van der Waals surface area (Å²) in [5.41, 5.74) is 5.52. The van der Waals surface area contributed by atoms with Crippen LogP contribution < -0.4 is 77.3 Å². The van der Waals surface area contributed by atoms with Gasteiger partial charge in [-0.25, -0.2) is 4.79 Å². The predicted molar refractivity (Wildman–Crippen MR) is 131 cm³/mol. The van der Waals surface area contributed by atoms with Crippen LogP contribution in [-0.4, -0.2) is 22.6 Å². The summed E-state index contributed by atoms with van der Waals surface area (Å²) in [6.45, 7) is 6.56. The first-order chi connectivity index (χ1) is 16.8. The molecule has 0 aliphatic heterocycles. The van der Waals surface area contributed by atoms with Crippen molar-refractivity contribution < 1.29 is 70.5 Å². The van der Waals surface area contributed by atoms with Crippen LogP contribution in [0.15, 0.2) is 74.8 Å². The zero-order valence-corrected chi connectivity index (χ0v) is 24.0. The van der Waals surface area contributed by atoms with E-state index in [9.17, 15) is 14.7 Å². The van der Waals surface area contributed by atoms with Gasteiger partial charge in [0.2, 0.25) is 0 Å². The van der Waals surface area contributed by atoms with Gasteiger partial charge in [0.15, 0.2) is 5.69 Å². The Bertz CT molecular complexity index is 1400. The average Bonchev–Trinajstić information content (AvgIpc) is 3.13. The van der Waals surface area contributed by atoms with Crippen molar-refractivity contribution >= 4 is 0 Å². The molecular weight excluding hydrogens is 487 g/mol. The predicted octanol–water partition coefficient (Wildman–Crippen LogP) is 0.433. The van der Waals surface area contributed by atoms with Gasteiger partial charge in [0.1, 0.15) is 24.7 Å². The molecule has 1 N–H and O–H groups in total. The molecule has 1 heterocycles. The summed E-state index contributed by atoms with van der Waals surface area (Å²) >= 11 is 0. The summed E-state index contributed by atoms with van der Waals surface area (Å²) in [4.78, 5) is 25.8. The molecule has 1 unspecified atom stereocenters. The summed E-state index contributed by atoms with van der Waals surface area (Å²) in [5, 5.41) is 9.47. The molecule has 36 heavy (non-hydrogen) atoms. The van der Waals surface area contributed by atoms with E-state index in [0.717, 1.165) is 43.9 Å². The molecule has 0 amide bonds. The zero-order chi connectivity index (χ0) is 24.9. The molecule has 8 nitrogen and oxygen atoms in total. The number of nitrogens with zero attached hydrogens (tertiary/aromatic N) is 2. The molecule has 0 saturated heterocycles. The SMILES string of the molecule is Cc1cc(OCC(C)O)cc(C)c1-c1cccc(COc2ccc(Cn3oc(=O)[n-]c3=O)cc2)c1.[K+]. The van der Waals surface area contributed by atoms with Gasteiger partial charge in [-0.05, 0) is 84.5 Å². The van der Waals surface area contributed by atoms with Gasteiger partial charge >= 0.3 is 57.1 Å². The Balaban J connectivity index is 0.00000361. The third-order valence-electron chi connectivity index (χ3n) is 5.46. The number of aryl methyl sites for hydroxylation is 2. The van der Waals surface area contributed by atoms with Gasteiger partial charge < -0.3 is 24.1 Å². The van der Waals surface area contributed by atoms with Crippen LogP contribution in [0, 0.1) is 13.8 Å². The summed E-state index contributed by atoms with van der Waals surface area (Å²) in [6.07, 6.45) is -0.520. The maximum atomic E-state index is 11.5. The van der Waals surface area contributed by atoms with Crippen molar-refractivity contribution in [2.45, 2.75) is 40.0 Å². The molecular formula is C27H27KN2O6. The number of ether oxygens (including phenoxy) is 2. The van der Waals surface area contributed by atoms with Crippen LogP contribution in [0.1, 0.15) is 29.2 Å². The molecule has 0 bridgehead atoms. The number of aliphatic hydroxyl groups excluding tert-OH is 1. The molecule has 0 radical (unpaired) electrons. The fraction of sp³-hybridized carbons (Fsp3) is 0.259. The van der Waals surface area contributed by atoms with Crippen LogP contribution in [0.25, 0.3) is 11.1 Å². The van der Waals surface area contributed by atoms with E-state index in [2.05, 4.69) is 17.1 Å². The largest absolute Gasteiger partial charge is 1.00 e. The number of benzene rings is 3. The second-order valence-electron chi connectivity index (χ2n) is 8.51. The minimum atomic E-state index is -0.900. The zero-order valence-electron chi connectivity index (χ0n) is 20.9. The maximum absolute atomic E-state index is 11.5. The standard InChI is InChI=1S/C27H28N2O6.K/c1-17-11-24(33-15-19(3)30)12-18(2)25(17)22-6-4-5-21(13-22)16-34-23-9-7-20(8-10-23)14-29-26(31)28-27(32)35-29;/h4-13,19,30H,14-16H2,1-3H3,(H,28,31,32);/q;+1/p-1. The second-order valence-corrected chi connectivity index (χ2v) is 8.51. The first-order valence-corrected chi connectivity index (χ1v) is 11.3. The minimum Gasteiger partial charge on any atom is -0.491 e. The number of rotatable bonds is 9. The molecule has 4 rings (SSSR count). The van der Waals surface area contributed by atoms with Gasteiger partial charge in [-0.3, -0.25) is 9.53 Å². The average molecular weight is 515 g/mol. The van der Waals surface area contributed by atoms with Gasteiger partial charge in [0.25, 0.3) is 0 Å². The number of aromatic nitrogens is 2. The summed E-state index contributed by atoms with van der Waals surface area (Å²) in [6, 6.07) is 19.4. The molecule has 9 heteroatoms. The van der Waals surface area contributed by atoms with Crippen molar-refractivity contribution in [1.82, 2.24) is 9.72 Å². The Kier molecular flexibility index (Phi) is 9.95.